The number of nitrogens with one attached hydrogen (secondary N) is 3. The number of carbonyl (C=O) groups excluding carboxylic acids is 3. The number of halogens is 2. The number of urea groups is 1. The summed E-state index contributed by atoms with van der Waals surface area (Å²) >= 11 is 5.80. The maximum Gasteiger partial charge on any atom is 0.407 e. The Morgan fingerprint density at radius 3 is 2.60 bits per heavy atom. The lowest BCUT2D eigenvalue weighted by Gasteiger charge is -2.36. The van der Waals surface area contributed by atoms with E-state index in [2.05, 4.69) is 16.2 Å². The van der Waals surface area contributed by atoms with E-state index in [4.69, 9.17) is 16.3 Å². The number of carbonyl (C=O) groups is 3. The number of hydrazine groups is 1. The Hall–Kier alpha value is -2.55. The second-order valence-electron chi connectivity index (χ2n) is 5.89. The Labute approximate surface area is 147 Å². The minimum Gasteiger partial charge on any atom is -0.441 e. The first-order valence-corrected chi connectivity index (χ1v) is 8.04. The fraction of sp³-hybridized carbons (Fsp3) is 0.400. The van der Waals surface area contributed by atoms with E-state index in [0.717, 1.165) is 6.07 Å². The predicted octanol–water partition coefficient (Wildman–Crippen LogP) is 1.41. The van der Waals surface area contributed by atoms with Crippen LogP contribution >= 0.6 is 11.6 Å². The van der Waals surface area contributed by atoms with E-state index in [0.29, 0.717) is 32.5 Å². The number of benzene rings is 1. The lowest BCUT2D eigenvalue weighted by atomic mass is 9.92. The van der Waals surface area contributed by atoms with Crippen molar-refractivity contribution in [1.29, 1.82) is 0 Å². The van der Waals surface area contributed by atoms with Crippen molar-refractivity contribution in [1.82, 2.24) is 21.1 Å². The van der Waals surface area contributed by atoms with Crippen molar-refractivity contribution in [3.63, 3.8) is 0 Å². The Morgan fingerprint density at radius 2 is 2.00 bits per heavy atom. The van der Waals surface area contributed by atoms with Gasteiger partial charge in [0.15, 0.2) is 0 Å². The first kappa shape index (κ1) is 17.3. The quantitative estimate of drug-likeness (QED) is 0.651. The number of hydrogen-bond donors (Lipinski definition) is 3. The van der Waals surface area contributed by atoms with Gasteiger partial charge in [-0.05, 0) is 12.1 Å². The highest BCUT2D eigenvalue weighted by Crippen LogP contribution is 2.29. The third-order valence-corrected chi connectivity index (χ3v) is 4.61. The molecule has 8 nitrogen and oxygen atoms in total. The summed E-state index contributed by atoms with van der Waals surface area (Å²) in [6.07, 6.45) is 0.533. The minimum absolute atomic E-state index is 0.0535. The molecule has 0 aromatic heterocycles. The summed E-state index contributed by atoms with van der Waals surface area (Å²) in [7, 11) is 0. The minimum atomic E-state index is -0.848. The standard InChI is InChI=1S/C15H16ClFN4O4/c16-9-2-1-3-10(17)11(9)12(22)19-20-13(23)21-6-4-15(5-7-21)8-18-14(24)25-15/h1-3H,4-8H2,(H,18,24)(H,19,22)(H,20,23). The zero-order valence-corrected chi connectivity index (χ0v) is 13.9. The summed E-state index contributed by atoms with van der Waals surface area (Å²) in [5, 5.41) is 2.55. The van der Waals surface area contributed by atoms with Gasteiger partial charge < -0.3 is 15.0 Å². The third kappa shape index (κ3) is 3.60. The van der Waals surface area contributed by atoms with Gasteiger partial charge in [0, 0.05) is 25.9 Å². The second kappa shape index (κ2) is 6.75. The molecule has 0 saturated carbocycles. The molecule has 1 aromatic rings. The van der Waals surface area contributed by atoms with E-state index >= 15 is 0 Å². The van der Waals surface area contributed by atoms with Crippen LogP contribution in [0.4, 0.5) is 14.0 Å². The fourth-order valence-corrected chi connectivity index (χ4v) is 3.11. The molecule has 2 fully saturated rings. The SMILES string of the molecule is O=C1NCC2(CCN(C(=O)NNC(=O)c3c(F)cccc3Cl)CC2)O1. The third-order valence-electron chi connectivity index (χ3n) is 4.30. The first-order valence-electron chi connectivity index (χ1n) is 7.66. The van der Waals surface area contributed by atoms with Crippen molar-refractivity contribution in [2.45, 2.75) is 18.4 Å². The van der Waals surface area contributed by atoms with Gasteiger partial charge >= 0.3 is 12.1 Å². The molecule has 2 heterocycles. The number of piperidine rings is 1. The topological polar surface area (TPSA) is 99.8 Å². The molecule has 3 rings (SSSR count). The van der Waals surface area contributed by atoms with E-state index in [1.807, 2.05) is 0 Å². The molecule has 2 saturated heterocycles. The normalized spacial score (nSPS) is 18.5. The molecule has 134 valence electrons. The van der Waals surface area contributed by atoms with Gasteiger partial charge in [-0.15, -0.1) is 0 Å². The number of ether oxygens (including phenoxy) is 1. The summed E-state index contributed by atoms with van der Waals surface area (Å²) in [5.74, 6) is -1.63. The molecule has 0 aliphatic carbocycles. The Balaban J connectivity index is 1.52. The van der Waals surface area contributed by atoms with Gasteiger partial charge in [0.25, 0.3) is 5.91 Å². The molecule has 3 N–H and O–H groups in total. The maximum atomic E-state index is 13.7. The number of amides is 4. The van der Waals surface area contributed by atoms with Crippen LogP contribution < -0.4 is 16.2 Å². The highest BCUT2D eigenvalue weighted by atomic mass is 35.5. The lowest BCUT2D eigenvalue weighted by Crippen LogP contribution is -2.54. The van der Waals surface area contributed by atoms with Gasteiger partial charge in [0.2, 0.25) is 0 Å². The zero-order chi connectivity index (χ0) is 18.0. The summed E-state index contributed by atoms with van der Waals surface area (Å²) in [6.45, 7) is 1.14. The van der Waals surface area contributed by atoms with Gasteiger partial charge in [-0.1, -0.05) is 17.7 Å². The summed E-state index contributed by atoms with van der Waals surface area (Å²) in [5.41, 5.74) is 3.46. The molecule has 25 heavy (non-hydrogen) atoms. The van der Waals surface area contributed by atoms with Gasteiger partial charge in [-0.25, -0.2) is 19.4 Å². The van der Waals surface area contributed by atoms with E-state index in [1.165, 1.54) is 17.0 Å². The van der Waals surface area contributed by atoms with Crippen LogP contribution in [0.15, 0.2) is 18.2 Å². The number of alkyl carbamates (subject to hydrolysis) is 1. The van der Waals surface area contributed by atoms with E-state index in [1.54, 1.807) is 0 Å². The predicted molar refractivity (Wildman–Crippen MR) is 85.4 cm³/mol. The van der Waals surface area contributed by atoms with Crippen LogP contribution in [-0.2, 0) is 4.74 Å². The van der Waals surface area contributed by atoms with Crippen LogP contribution in [0.5, 0.6) is 0 Å². The Kier molecular flexibility index (Phi) is 4.67. The van der Waals surface area contributed by atoms with Gasteiger partial charge in [0.1, 0.15) is 11.4 Å². The van der Waals surface area contributed by atoms with Crippen LogP contribution in [0.25, 0.3) is 0 Å². The molecule has 0 atom stereocenters. The van der Waals surface area contributed by atoms with Crippen molar-refractivity contribution in [3.05, 3.63) is 34.6 Å². The lowest BCUT2D eigenvalue weighted by molar-refractivity contribution is 0.00940. The number of nitrogens with zero attached hydrogens (tertiary/aromatic N) is 1. The number of rotatable bonds is 1. The van der Waals surface area contributed by atoms with Crippen molar-refractivity contribution in [2.24, 2.45) is 0 Å². The van der Waals surface area contributed by atoms with Crippen LogP contribution in [0.1, 0.15) is 23.2 Å². The van der Waals surface area contributed by atoms with Crippen molar-refractivity contribution < 1.29 is 23.5 Å². The van der Waals surface area contributed by atoms with Crippen LogP contribution in [0, 0.1) is 5.82 Å². The molecular weight excluding hydrogens is 355 g/mol. The van der Waals surface area contributed by atoms with E-state index < -0.39 is 29.4 Å². The first-order chi connectivity index (χ1) is 11.9. The van der Waals surface area contributed by atoms with Crippen LogP contribution in [-0.4, -0.2) is 48.2 Å². The Bertz CT molecular complexity index is 701. The molecule has 1 spiro atoms. The van der Waals surface area contributed by atoms with Crippen molar-refractivity contribution in [3.8, 4) is 0 Å². The van der Waals surface area contributed by atoms with Crippen molar-refractivity contribution in [2.75, 3.05) is 19.6 Å². The molecule has 0 radical (unpaired) electrons. The molecule has 10 heteroatoms. The summed E-state index contributed by atoms with van der Waals surface area (Å²) in [4.78, 5) is 36.8. The molecule has 4 amide bonds. The highest BCUT2D eigenvalue weighted by molar-refractivity contribution is 6.33. The van der Waals surface area contributed by atoms with Gasteiger partial charge in [0.05, 0.1) is 17.1 Å². The van der Waals surface area contributed by atoms with E-state index in [9.17, 15) is 18.8 Å². The average Bonchev–Trinajstić information content (AvgIpc) is 2.93. The maximum absolute atomic E-state index is 13.7. The molecule has 2 aliphatic rings. The summed E-state index contributed by atoms with van der Waals surface area (Å²) in [6, 6.07) is 3.32. The molecule has 0 unspecified atom stereocenters. The Morgan fingerprint density at radius 1 is 1.28 bits per heavy atom. The molecule has 2 aliphatic heterocycles. The molecule has 1 aromatic carbocycles. The van der Waals surface area contributed by atoms with Crippen LogP contribution in [0.2, 0.25) is 5.02 Å². The molecule has 0 bridgehead atoms. The zero-order valence-electron chi connectivity index (χ0n) is 13.1. The monoisotopic (exact) mass is 370 g/mol. The van der Waals surface area contributed by atoms with Gasteiger partial charge in [-0.3, -0.25) is 10.2 Å². The van der Waals surface area contributed by atoms with E-state index in [-0.39, 0.29) is 10.6 Å². The highest BCUT2D eigenvalue weighted by Gasteiger charge is 2.43. The average molecular weight is 371 g/mol. The number of hydrogen-bond acceptors (Lipinski definition) is 4. The number of likely N-dealkylation sites (tertiary alicyclic amines) is 1. The fourth-order valence-electron chi connectivity index (χ4n) is 2.86. The molecular formula is C15H16ClFN4O4. The van der Waals surface area contributed by atoms with Gasteiger partial charge in [-0.2, -0.15) is 0 Å². The summed E-state index contributed by atoms with van der Waals surface area (Å²) < 4.78 is 18.9. The smallest absolute Gasteiger partial charge is 0.407 e. The second-order valence-corrected chi connectivity index (χ2v) is 6.30. The largest absolute Gasteiger partial charge is 0.441 e. The van der Waals surface area contributed by atoms with Crippen molar-refractivity contribution >= 4 is 29.6 Å². The van der Waals surface area contributed by atoms with Crippen LogP contribution in [0.3, 0.4) is 0 Å².